The fourth-order valence-electron chi connectivity index (χ4n) is 5.17. The summed E-state index contributed by atoms with van der Waals surface area (Å²) in [5, 5.41) is 24.2. The number of aryl methyl sites for hydroxylation is 1. The minimum atomic E-state index is -0.000363. The SMILES string of the molecule is Cc1c(C#N)cccc1[C@@H](C)Nc1nnc(C)c2cc3c(cc12)N(C1CCCOC1)CC3. The average Bonchev–Trinajstić information content (AvgIpc) is 3.23. The van der Waals surface area contributed by atoms with E-state index in [0.29, 0.717) is 11.6 Å². The van der Waals surface area contributed by atoms with Crippen molar-refractivity contribution in [2.24, 2.45) is 0 Å². The van der Waals surface area contributed by atoms with Gasteiger partial charge in [-0.25, -0.2) is 0 Å². The summed E-state index contributed by atoms with van der Waals surface area (Å²) >= 11 is 0. The van der Waals surface area contributed by atoms with E-state index in [4.69, 9.17) is 4.74 Å². The van der Waals surface area contributed by atoms with Crippen LogP contribution in [0.5, 0.6) is 0 Å². The third kappa shape index (κ3) is 3.57. The molecule has 2 aromatic carbocycles. The molecule has 1 aromatic heterocycles. The van der Waals surface area contributed by atoms with Gasteiger partial charge in [0.05, 0.1) is 36.0 Å². The zero-order chi connectivity index (χ0) is 22.2. The third-order valence-electron chi connectivity index (χ3n) is 6.99. The third-order valence-corrected chi connectivity index (χ3v) is 6.99. The van der Waals surface area contributed by atoms with Gasteiger partial charge in [0.15, 0.2) is 5.82 Å². The van der Waals surface area contributed by atoms with Crippen LogP contribution in [0.15, 0.2) is 30.3 Å². The number of aromatic nitrogens is 2. The van der Waals surface area contributed by atoms with Gasteiger partial charge in [-0.1, -0.05) is 12.1 Å². The van der Waals surface area contributed by atoms with Crippen LogP contribution in [-0.4, -0.2) is 36.0 Å². The topological polar surface area (TPSA) is 74.1 Å². The summed E-state index contributed by atoms with van der Waals surface area (Å²) in [4.78, 5) is 2.53. The molecule has 0 radical (unpaired) electrons. The van der Waals surface area contributed by atoms with E-state index in [-0.39, 0.29) is 6.04 Å². The largest absolute Gasteiger partial charge is 0.379 e. The van der Waals surface area contributed by atoms with E-state index in [1.807, 2.05) is 26.0 Å². The molecule has 3 heterocycles. The molecule has 6 heteroatoms. The maximum Gasteiger partial charge on any atom is 0.157 e. The predicted molar refractivity (Wildman–Crippen MR) is 127 cm³/mol. The lowest BCUT2D eigenvalue weighted by Crippen LogP contribution is -2.40. The van der Waals surface area contributed by atoms with Gasteiger partial charge in [0, 0.05) is 29.6 Å². The maximum absolute atomic E-state index is 9.40. The minimum Gasteiger partial charge on any atom is -0.379 e. The molecule has 0 amide bonds. The van der Waals surface area contributed by atoms with Crippen LogP contribution in [0.1, 0.15) is 53.8 Å². The number of nitrogens with one attached hydrogen (secondary N) is 1. The summed E-state index contributed by atoms with van der Waals surface area (Å²) in [6.07, 6.45) is 3.37. The molecule has 2 atom stereocenters. The first-order chi connectivity index (χ1) is 15.6. The van der Waals surface area contributed by atoms with Crippen molar-refractivity contribution in [2.45, 2.75) is 52.1 Å². The summed E-state index contributed by atoms with van der Waals surface area (Å²) in [6, 6.07) is 13.2. The summed E-state index contributed by atoms with van der Waals surface area (Å²) in [7, 11) is 0. The molecule has 32 heavy (non-hydrogen) atoms. The van der Waals surface area contributed by atoms with Crippen LogP contribution in [0, 0.1) is 25.2 Å². The fraction of sp³-hybridized carbons (Fsp3) is 0.423. The average molecular weight is 428 g/mol. The highest BCUT2D eigenvalue weighted by molar-refractivity contribution is 5.97. The second kappa shape index (κ2) is 8.40. The van der Waals surface area contributed by atoms with Gasteiger partial charge in [0.25, 0.3) is 0 Å². The minimum absolute atomic E-state index is 0.000363. The van der Waals surface area contributed by atoms with Gasteiger partial charge in [-0.15, -0.1) is 5.10 Å². The number of hydrogen-bond acceptors (Lipinski definition) is 6. The standard InChI is InChI=1S/C26H29N5O/c1-16-20(14-27)6-4-8-22(16)17(2)28-26-24-13-25-19(12-23(24)18(3)29-30-26)9-10-31(25)21-7-5-11-32-15-21/h4,6,8,12-13,17,21H,5,7,9-11,15H2,1-3H3,(H,28,30)/t17-,21?/m1/s1. The lowest BCUT2D eigenvalue weighted by Gasteiger charge is -2.33. The smallest absolute Gasteiger partial charge is 0.157 e. The molecule has 3 aromatic rings. The van der Waals surface area contributed by atoms with Gasteiger partial charge in [-0.2, -0.15) is 10.4 Å². The molecule has 0 aliphatic carbocycles. The molecule has 2 aliphatic heterocycles. The first-order valence-electron chi connectivity index (χ1n) is 11.5. The number of ether oxygens (including phenoxy) is 1. The Kier molecular flexibility index (Phi) is 5.44. The van der Waals surface area contributed by atoms with Crippen molar-refractivity contribution >= 4 is 22.3 Å². The molecule has 1 saturated heterocycles. The van der Waals surface area contributed by atoms with Crippen molar-refractivity contribution in [2.75, 3.05) is 30.0 Å². The monoisotopic (exact) mass is 427 g/mol. The van der Waals surface area contributed by atoms with Gasteiger partial charge in [0.1, 0.15) is 0 Å². The fourth-order valence-corrected chi connectivity index (χ4v) is 5.17. The van der Waals surface area contributed by atoms with Crippen molar-refractivity contribution in [3.05, 3.63) is 58.3 Å². The molecule has 5 rings (SSSR count). The van der Waals surface area contributed by atoms with E-state index >= 15 is 0 Å². The van der Waals surface area contributed by atoms with Crippen molar-refractivity contribution in [1.29, 1.82) is 5.26 Å². The molecule has 1 fully saturated rings. The number of hydrogen-bond donors (Lipinski definition) is 1. The Morgan fingerprint density at radius 1 is 1.22 bits per heavy atom. The van der Waals surface area contributed by atoms with Gasteiger partial charge in [-0.3, -0.25) is 0 Å². The second-order valence-electron chi connectivity index (χ2n) is 8.97. The van der Waals surface area contributed by atoms with E-state index in [2.05, 4.69) is 51.6 Å². The van der Waals surface area contributed by atoms with Gasteiger partial charge in [-0.05, 0) is 74.9 Å². The molecule has 164 valence electrons. The molecule has 6 nitrogen and oxygen atoms in total. The van der Waals surface area contributed by atoms with Gasteiger partial charge in [0.2, 0.25) is 0 Å². The Balaban J connectivity index is 1.53. The van der Waals surface area contributed by atoms with E-state index in [0.717, 1.165) is 66.0 Å². The van der Waals surface area contributed by atoms with Crippen LogP contribution >= 0.6 is 0 Å². The molecule has 2 aliphatic rings. The molecular formula is C26H29N5O. The van der Waals surface area contributed by atoms with Crippen molar-refractivity contribution in [3.63, 3.8) is 0 Å². The normalized spacial score (nSPS) is 18.9. The van der Waals surface area contributed by atoms with Crippen molar-refractivity contribution in [1.82, 2.24) is 10.2 Å². The molecular weight excluding hydrogens is 398 g/mol. The molecule has 0 saturated carbocycles. The van der Waals surface area contributed by atoms with E-state index in [9.17, 15) is 5.26 Å². The van der Waals surface area contributed by atoms with Gasteiger partial charge >= 0.3 is 0 Å². The number of benzene rings is 2. The Morgan fingerprint density at radius 3 is 2.88 bits per heavy atom. The van der Waals surface area contributed by atoms with Crippen molar-refractivity contribution < 1.29 is 4.74 Å². The lowest BCUT2D eigenvalue weighted by molar-refractivity contribution is 0.0798. The number of rotatable bonds is 4. The number of anilines is 2. The van der Waals surface area contributed by atoms with Crippen LogP contribution in [0.3, 0.4) is 0 Å². The van der Waals surface area contributed by atoms with Crippen LogP contribution in [0.2, 0.25) is 0 Å². The number of nitriles is 1. The highest BCUT2D eigenvalue weighted by Gasteiger charge is 2.29. The van der Waals surface area contributed by atoms with Gasteiger partial charge < -0.3 is 15.0 Å². The first kappa shape index (κ1) is 20.7. The van der Waals surface area contributed by atoms with Crippen LogP contribution in [-0.2, 0) is 11.2 Å². The highest BCUT2D eigenvalue weighted by atomic mass is 16.5. The zero-order valence-corrected chi connectivity index (χ0v) is 19.0. The Bertz CT molecular complexity index is 1210. The molecule has 0 bridgehead atoms. The summed E-state index contributed by atoms with van der Waals surface area (Å²) in [6.45, 7) is 8.86. The van der Waals surface area contributed by atoms with Crippen LogP contribution < -0.4 is 10.2 Å². The summed E-state index contributed by atoms with van der Waals surface area (Å²) in [5.41, 5.74) is 6.45. The van der Waals surface area contributed by atoms with E-state index < -0.39 is 0 Å². The Hall–Kier alpha value is -3.17. The summed E-state index contributed by atoms with van der Waals surface area (Å²) < 4.78 is 5.77. The highest BCUT2D eigenvalue weighted by Crippen LogP contribution is 2.38. The first-order valence-corrected chi connectivity index (χ1v) is 11.5. The van der Waals surface area contributed by atoms with E-state index in [1.165, 1.54) is 17.7 Å². The lowest BCUT2D eigenvalue weighted by atomic mass is 9.98. The molecule has 1 N–H and O–H groups in total. The molecule has 0 spiro atoms. The van der Waals surface area contributed by atoms with Crippen LogP contribution in [0.4, 0.5) is 11.5 Å². The van der Waals surface area contributed by atoms with E-state index in [1.54, 1.807) is 0 Å². The maximum atomic E-state index is 9.40. The van der Waals surface area contributed by atoms with Crippen LogP contribution in [0.25, 0.3) is 10.8 Å². The number of fused-ring (bicyclic) bond motifs is 2. The Morgan fingerprint density at radius 2 is 2.09 bits per heavy atom. The predicted octanol–water partition coefficient (Wildman–Crippen LogP) is 4.83. The summed E-state index contributed by atoms with van der Waals surface area (Å²) in [5.74, 6) is 0.786. The number of nitrogens with zero attached hydrogens (tertiary/aromatic N) is 4. The Labute approximate surface area is 189 Å². The molecule has 1 unspecified atom stereocenters. The quantitative estimate of drug-likeness (QED) is 0.643. The second-order valence-corrected chi connectivity index (χ2v) is 8.97. The van der Waals surface area contributed by atoms with Crippen molar-refractivity contribution in [3.8, 4) is 6.07 Å². The zero-order valence-electron chi connectivity index (χ0n) is 19.0.